The topological polar surface area (TPSA) is 62.0 Å². The van der Waals surface area contributed by atoms with E-state index in [2.05, 4.69) is 40.4 Å². The number of hydrogen-bond acceptors (Lipinski definition) is 4. The maximum atomic E-state index is 5.66. The van der Waals surface area contributed by atoms with Gasteiger partial charge in [-0.05, 0) is 50.4 Å². The lowest BCUT2D eigenvalue weighted by molar-refractivity contribution is 0.108. The molecule has 1 aromatic heterocycles. The largest absolute Gasteiger partial charge is 0.468 e. The molecule has 0 saturated carbocycles. The summed E-state index contributed by atoms with van der Waals surface area (Å²) in [5.41, 5.74) is 0. The van der Waals surface area contributed by atoms with Crippen molar-refractivity contribution in [2.24, 2.45) is 10.9 Å². The van der Waals surface area contributed by atoms with E-state index in [0.29, 0.717) is 5.92 Å². The molecule has 0 amide bonds. The van der Waals surface area contributed by atoms with Gasteiger partial charge in [-0.3, -0.25) is 9.89 Å². The van der Waals surface area contributed by atoms with Gasteiger partial charge >= 0.3 is 0 Å². The average Bonchev–Trinajstić information content (AvgIpc) is 3.30. The van der Waals surface area contributed by atoms with E-state index in [-0.39, 0.29) is 30.0 Å². The summed E-state index contributed by atoms with van der Waals surface area (Å²) in [6.07, 6.45) is 5.25. The number of furan rings is 1. The summed E-state index contributed by atoms with van der Waals surface area (Å²) in [6, 6.07) is 4.28. The predicted molar refractivity (Wildman–Crippen MR) is 117 cm³/mol. The lowest BCUT2D eigenvalue weighted by Gasteiger charge is -2.26. The monoisotopic (exact) mass is 478 g/mol. The second-order valence-electron chi connectivity index (χ2n) is 6.98. The van der Waals surface area contributed by atoms with Crippen LogP contribution in [0.15, 0.2) is 27.8 Å². The second kappa shape index (κ2) is 13.4. The molecule has 0 aliphatic carbocycles. The fourth-order valence-electron chi connectivity index (χ4n) is 3.06. The third kappa shape index (κ3) is 8.26. The molecule has 1 unspecified atom stereocenters. The standard InChI is InChI=1S/C19H34N4O2.HI/c1-16(2)15-24-12-7-9-21-19(20-3)22-14-17(18-8-6-13-25-18)23-10-4-5-11-23;/h6,8,13,16-17H,4-5,7,9-12,14-15H2,1-3H3,(H2,20,21,22);1H. The van der Waals surface area contributed by atoms with Gasteiger partial charge in [-0.15, -0.1) is 24.0 Å². The number of nitrogens with one attached hydrogen (secondary N) is 2. The Labute approximate surface area is 175 Å². The molecule has 0 radical (unpaired) electrons. The van der Waals surface area contributed by atoms with Crippen molar-refractivity contribution in [3.8, 4) is 0 Å². The van der Waals surface area contributed by atoms with Gasteiger partial charge in [0.25, 0.3) is 0 Å². The molecule has 26 heavy (non-hydrogen) atoms. The van der Waals surface area contributed by atoms with Gasteiger partial charge in [0.15, 0.2) is 5.96 Å². The highest BCUT2D eigenvalue weighted by Gasteiger charge is 2.25. The van der Waals surface area contributed by atoms with Gasteiger partial charge in [0.2, 0.25) is 0 Å². The van der Waals surface area contributed by atoms with Crippen LogP contribution in [0.1, 0.15) is 44.9 Å². The molecule has 1 atom stereocenters. The van der Waals surface area contributed by atoms with Crippen LogP contribution < -0.4 is 10.6 Å². The molecule has 0 spiro atoms. The van der Waals surface area contributed by atoms with E-state index >= 15 is 0 Å². The number of halogens is 1. The smallest absolute Gasteiger partial charge is 0.191 e. The van der Waals surface area contributed by atoms with E-state index in [4.69, 9.17) is 9.15 Å². The lowest BCUT2D eigenvalue weighted by atomic mass is 10.2. The van der Waals surface area contributed by atoms with Crippen molar-refractivity contribution >= 4 is 29.9 Å². The molecule has 1 aliphatic rings. The van der Waals surface area contributed by atoms with Crippen LogP contribution >= 0.6 is 24.0 Å². The zero-order chi connectivity index (χ0) is 17.9. The number of nitrogens with zero attached hydrogens (tertiary/aromatic N) is 2. The maximum Gasteiger partial charge on any atom is 0.191 e. The normalized spacial score (nSPS) is 16.5. The zero-order valence-electron chi connectivity index (χ0n) is 16.4. The van der Waals surface area contributed by atoms with Crippen LogP contribution in [0.25, 0.3) is 0 Å². The summed E-state index contributed by atoms with van der Waals surface area (Å²) in [5.74, 6) is 2.44. The molecule has 2 rings (SSSR count). The van der Waals surface area contributed by atoms with E-state index < -0.39 is 0 Å². The van der Waals surface area contributed by atoms with Crippen molar-refractivity contribution in [1.29, 1.82) is 0 Å². The van der Waals surface area contributed by atoms with Gasteiger partial charge in [-0.2, -0.15) is 0 Å². The van der Waals surface area contributed by atoms with E-state index in [9.17, 15) is 0 Å². The number of hydrogen-bond donors (Lipinski definition) is 2. The van der Waals surface area contributed by atoms with Gasteiger partial charge in [-0.25, -0.2) is 0 Å². The van der Waals surface area contributed by atoms with E-state index in [0.717, 1.165) is 57.5 Å². The molecule has 1 fully saturated rings. The lowest BCUT2D eigenvalue weighted by Crippen LogP contribution is -2.43. The third-order valence-electron chi connectivity index (χ3n) is 4.35. The van der Waals surface area contributed by atoms with E-state index in [1.807, 2.05) is 13.1 Å². The molecule has 1 aliphatic heterocycles. The minimum absolute atomic E-state index is 0. The van der Waals surface area contributed by atoms with Crippen LogP contribution in [0.2, 0.25) is 0 Å². The Balaban J connectivity index is 0.00000338. The highest BCUT2D eigenvalue weighted by molar-refractivity contribution is 14.0. The second-order valence-corrected chi connectivity index (χ2v) is 6.98. The van der Waals surface area contributed by atoms with E-state index in [1.54, 1.807) is 6.26 Å². The minimum atomic E-state index is 0. The highest BCUT2D eigenvalue weighted by Crippen LogP contribution is 2.24. The molecule has 150 valence electrons. The Morgan fingerprint density at radius 3 is 2.69 bits per heavy atom. The maximum absolute atomic E-state index is 5.66. The third-order valence-corrected chi connectivity index (χ3v) is 4.35. The van der Waals surface area contributed by atoms with Crippen LogP contribution in [0.3, 0.4) is 0 Å². The van der Waals surface area contributed by atoms with Gasteiger partial charge in [0, 0.05) is 33.4 Å². The fourth-order valence-corrected chi connectivity index (χ4v) is 3.06. The summed E-state index contributed by atoms with van der Waals surface area (Å²) in [7, 11) is 1.81. The SMILES string of the molecule is CN=C(NCCCOCC(C)C)NCC(c1ccco1)N1CCCC1.I. The number of likely N-dealkylation sites (tertiary alicyclic amines) is 1. The van der Waals surface area contributed by atoms with Crippen LogP contribution in [-0.2, 0) is 4.74 Å². The molecule has 1 saturated heterocycles. The average molecular weight is 478 g/mol. The van der Waals surface area contributed by atoms with Crippen LogP contribution in [0.5, 0.6) is 0 Å². The van der Waals surface area contributed by atoms with Crippen molar-refractivity contribution < 1.29 is 9.15 Å². The Bertz CT molecular complexity index is 488. The minimum Gasteiger partial charge on any atom is -0.468 e. The van der Waals surface area contributed by atoms with Crippen molar-refractivity contribution in [2.45, 2.75) is 39.2 Å². The Morgan fingerprint density at radius 2 is 2.08 bits per heavy atom. The van der Waals surface area contributed by atoms with Gasteiger partial charge in [0.05, 0.1) is 12.3 Å². The van der Waals surface area contributed by atoms with E-state index in [1.165, 1.54) is 12.8 Å². The fraction of sp³-hybridized carbons (Fsp3) is 0.737. The number of ether oxygens (including phenoxy) is 1. The zero-order valence-corrected chi connectivity index (χ0v) is 18.7. The first kappa shape index (κ1) is 23.2. The molecular weight excluding hydrogens is 443 g/mol. The molecule has 2 heterocycles. The van der Waals surface area contributed by atoms with Crippen molar-refractivity contribution in [1.82, 2.24) is 15.5 Å². The van der Waals surface area contributed by atoms with Crippen LogP contribution in [-0.4, -0.2) is 57.3 Å². The molecule has 1 aromatic rings. The Hall–Kier alpha value is -0.800. The first-order valence-corrected chi connectivity index (χ1v) is 9.50. The molecule has 7 heteroatoms. The van der Waals surface area contributed by atoms with Crippen molar-refractivity contribution in [3.63, 3.8) is 0 Å². The molecule has 6 nitrogen and oxygen atoms in total. The summed E-state index contributed by atoms with van der Waals surface area (Å²) < 4.78 is 11.3. The summed E-state index contributed by atoms with van der Waals surface area (Å²) >= 11 is 0. The number of guanidine groups is 1. The molecule has 0 bridgehead atoms. The molecule has 2 N–H and O–H groups in total. The highest BCUT2D eigenvalue weighted by atomic mass is 127. The summed E-state index contributed by atoms with van der Waals surface area (Å²) in [4.78, 5) is 6.80. The summed E-state index contributed by atoms with van der Waals surface area (Å²) in [5, 5.41) is 6.80. The van der Waals surface area contributed by atoms with Gasteiger partial charge < -0.3 is 19.8 Å². The Morgan fingerprint density at radius 1 is 1.31 bits per heavy atom. The predicted octanol–water partition coefficient (Wildman–Crippen LogP) is 3.26. The molecular formula is C19H35IN4O2. The van der Waals surface area contributed by atoms with Gasteiger partial charge in [-0.1, -0.05) is 13.8 Å². The van der Waals surface area contributed by atoms with Gasteiger partial charge in [0.1, 0.15) is 5.76 Å². The Kier molecular flexibility index (Phi) is 12.0. The van der Waals surface area contributed by atoms with Crippen LogP contribution in [0, 0.1) is 5.92 Å². The van der Waals surface area contributed by atoms with Crippen LogP contribution in [0.4, 0.5) is 0 Å². The summed E-state index contributed by atoms with van der Waals surface area (Å²) in [6.45, 7) is 9.85. The first-order valence-electron chi connectivity index (χ1n) is 9.50. The number of rotatable bonds is 10. The van der Waals surface area contributed by atoms with Crippen molar-refractivity contribution in [3.05, 3.63) is 24.2 Å². The van der Waals surface area contributed by atoms with Crippen molar-refractivity contribution in [2.75, 3.05) is 46.4 Å². The first-order chi connectivity index (χ1) is 12.2. The number of aliphatic imine (C=N–C) groups is 1. The molecule has 0 aromatic carbocycles. The quantitative estimate of drug-likeness (QED) is 0.234.